The van der Waals surface area contributed by atoms with Gasteiger partial charge in [-0.05, 0) is 83.2 Å². The first-order chi connectivity index (χ1) is 21.7. The Bertz CT molecular complexity index is 2540. The van der Waals surface area contributed by atoms with Crippen LogP contribution in [0.3, 0.4) is 0 Å². The summed E-state index contributed by atoms with van der Waals surface area (Å²) in [6, 6.07) is 46.9. The Labute approximate surface area is 253 Å². The van der Waals surface area contributed by atoms with Crippen molar-refractivity contribution in [3.8, 4) is 34.6 Å². The second kappa shape index (κ2) is 9.74. The summed E-state index contributed by atoms with van der Waals surface area (Å²) in [5.74, 6) is 0. The quantitative estimate of drug-likeness (QED) is 0.202. The van der Waals surface area contributed by atoms with Gasteiger partial charge in [0.25, 0.3) is 0 Å². The average molecular weight is 560 g/mol. The first-order valence-corrected chi connectivity index (χ1v) is 14.2. The number of nitrogens with zero attached hydrogens (tertiary/aromatic N) is 5. The van der Waals surface area contributed by atoms with E-state index in [1.54, 1.807) is 0 Å². The lowest BCUT2D eigenvalue weighted by atomic mass is 9.99. The lowest BCUT2D eigenvalue weighted by Crippen LogP contribution is -1.98. The molecule has 0 spiro atoms. The van der Waals surface area contributed by atoms with Crippen molar-refractivity contribution in [2.75, 3.05) is 0 Å². The number of hydrogen-bond donors (Lipinski definition) is 0. The molecule has 0 N–H and O–H groups in total. The number of hydrogen-bond acceptors (Lipinski definition) is 2. The molecule has 202 valence electrons. The largest absolute Gasteiger partial charge is 0.309 e. The zero-order valence-corrected chi connectivity index (χ0v) is 23.4. The fraction of sp³-hybridized carbons (Fsp3) is 0. The van der Waals surface area contributed by atoms with Crippen LogP contribution in [0.2, 0.25) is 0 Å². The van der Waals surface area contributed by atoms with Crippen molar-refractivity contribution in [2.24, 2.45) is 0 Å². The molecule has 0 radical (unpaired) electrons. The van der Waals surface area contributed by atoms with Crippen molar-refractivity contribution >= 4 is 49.3 Å². The molecule has 5 nitrogen and oxygen atoms in total. The van der Waals surface area contributed by atoms with Crippen molar-refractivity contribution in [2.45, 2.75) is 0 Å². The molecule has 0 fully saturated rings. The van der Waals surface area contributed by atoms with E-state index in [2.05, 4.69) is 74.6 Å². The molecular formula is C39H21N5. The molecule has 5 heteroatoms. The molecule has 44 heavy (non-hydrogen) atoms. The molecular weight excluding hydrogens is 538 g/mol. The van der Waals surface area contributed by atoms with Crippen LogP contribution in [0.15, 0.2) is 127 Å². The summed E-state index contributed by atoms with van der Waals surface area (Å²) in [5.41, 5.74) is 9.09. The molecule has 0 bridgehead atoms. The summed E-state index contributed by atoms with van der Waals surface area (Å²) < 4.78 is 4.34. The Morgan fingerprint density at radius 2 is 0.909 bits per heavy atom. The minimum Gasteiger partial charge on any atom is -0.309 e. The van der Waals surface area contributed by atoms with E-state index in [0.29, 0.717) is 16.8 Å². The summed E-state index contributed by atoms with van der Waals surface area (Å²) in [5, 5.41) is 24.5. The van der Waals surface area contributed by atoms with Crippen LogP contribution in [0.4, 0.5) is 5.69 Å². The molecule has 0 aliphatic rings. The van der Waals surface area contributed by atoms with Gasteiger partial charge in [-0.2, -0.15) is 10.5 Å². The molecule has 0 saturated heterocycles. The number of fused-ring (bicyclic) bond motifs is 6. The predicted octanol–water partition coefficient (Wildman–Crippen LogP) is 9.84. The number of para-hydroxylation sites is 3. The molecule has 8 rings (SSSR count). The van der Waals surface area contributed by atoms with E-state index in [0.717, 1.165) is 66.1 Å². The maximum Gasteiger partial charge on any atom is 0.188 e. The number of nitriles is 2. The normalized spacial score (nSPS) is 11.1. The third-order valence-electron chi connectivity index (χ3n) is 8.31. The third-order valence-corrected chi connectivity index (χ3v) is 8.31. The van der Waals surface area contributed by atoms with Crippen LogP contribution in [0.25, 0.3) is 71.0 Å². The van der Waals surface area contributed by atoms with Gasteiger partial charge in [0.2, 0.25) is 0 Å². The van der Waals surface area contributed by atoms with E-state index < -0.39 is 0 Å². The van der Waals surface area contributed by atoms with E-state index in [1.165, 1.54) is 0 Å². The second-order valence-corrected chi connectivity index (χ2v) is 10.8. The van der Waals surface area contributed by atoms with Crippen LogP contribution in [0.5, 0.6) is 0 Å². The van der Waals surface area contributed by atoms with Gasteiger partial charge in [-0.1, -0.05) is 60.7 Å². The van der Waals surface area contributed by atoms with Crippen LogP contribution < -0.4 is 0 Å². The van der Waals surface area contributed by atoms with Gasteiger partial charge >= 0.3 is 0 Å². The van der Waals surface area contributed by atoms with Crippen molar-refractivity contribution in [1.82, 2.24) is 9.13 Å². The Kier molecular flexibility index (Phi) is 5.56. The molecule has 0 saturated carbocycles. The molecule has 2 aromatic heterocycles. The molecule has 2 heterocycles. The molecule has 6 aromatic carbocycles. The van der Waals surface area contributed by atoms with E-state index in [4.69, 9.17) is 6.57 Å². The number of aromatic nitrogens is 2. The van der Waals surface area contributed by atoms with E-state index >= 15 is 0 Å². The van der Waals surface area contributed by atoms with Gasteiger partial charge in [-0.3, -0.25) is 0 Å². The van der Waals surface area contributed by atoms with E-state index in [1.807, 2.05) is 78.9 Å². The Morgan fingerprint density at radius 1 is 0.477 bits per heavy atom. The number of benzene rings is 6. The summed E-state index contributed by atoms with van der Waals surface area (Å²) in [6.07, 6.45) is 0. The lowest BCUT2D eigenvalue weighted by Gasteiger charge is -2.14. The fourth-order valence-corrected chi connectivity index (χ4v) is 6.45. The van der Waals surface area contributed by atoms with Crippen molar-refractivity contribution in [1.29, 1.82) is 10.5 Å². The Hall–Kier alpha value is -6.61. The van der Waals surface area contributed by atoms with Crippen molar-refractivity contribution < 1.29 is 0 Å². The zero-order valence-electron chi connectivity index (χ0n) is 23.4. The number of rotatable bonds is 3. The first-order valence-electron chi connectivity index (χ1n) is 14.2. The van der Waals surface area contributed by atoms with Crippen molar-refractivity contribution in [3.63, 3.8) is 0 Å². The van der Waals surface area contributed by atoms with Gasteiger partial charge in [-0.25, -0.2) is 4.85 Å². The zero-order chi connectivity index (χ0) is 29.8. The maximum atomic E-state index is 10.1. The van der Waals surface area contributed by atoms with E-state index in [9.17, 15) is 10.5 Å². The maximum absolute atomic E-state index is 10.1. The SMILES string of the molecule is [C-]#[N+]c1ccc2c(c1)c1ccccc1n2-c1cc(C#N)cc(-c2cc(C#N)cc(-n3c4ccccc4c4ccccc43)c2)c1. The molecule has 0 amide bonds. The summed E-state index contributed by atoms with van der Waals surface area (Å²) >= 11 is 0. The summed E-state index contributed by atoms with van der Waals surface area (Å²) in [6.45, 7) is 7.52. The fourth-order valence-electron chi connectivity index (χ4n) is 6.45. The van der Waals surface area contributed by atoms with Gasteiger partial charge in [0.05, 0.1) is 51.9 Å². The van der Waals surface area contributed by atoms with Gasteiger partial charge < -0.3 is 9.13 Å². The monoisotopic (exact) mass is 559 g/mol. The minimum absolute atomic E-state index is 0.516. The summed E-state index contributed by atoms with van der Waals surface area (Å²) in [7, 11) is 0. The van der Waals surface area contributed by atoms with Gasteiger partial charge in [0.1, 0.15) is 0 Å². The van der Waals surface area contributed by atoms with Crippen LogP contribution in [0, 0.1) is 29.2 Å². The Balaban J connectivity index is 1.39. The Morgan fingerprint density at radius 3 is 1.36 bits per heavy atom. The standard InChI is InChI=1S/C39H21N5/c1-42-29-14-15-39-35(22-29)34-10-4-7-13-38(34)44(39)31-19-26(24-41)17-28(21-31)27-16-25(23-40)18-30(20-27)43-36-11-5-2-8-32(36)33-9-3-6-12-37(33)43/h2-22H. The predicted molar refractivity (Wildman–Crippen MR) is 176 cm³/mol. The van der Waals surface area contributed by atoms with Crippen LogP contribution in [-0.2, 0) is 0 Å². The molecule has 8 aromatic rings. The smallest absolute Gasteiger partial charge is 0.188 e. The molecule has 0 unspecified atom stereocenters. The van der Waals surface area contributed by atoms with Gasteiger partial charge in [0, 0.05) is 27.5 Å². The van der Waals surface area contributed by atoms with Crippen LogP contribution in [0.1, 0.15) is 11.1 Å². The minimum atomic E-state index is 0.516. The van der Waals surface area contributed by atoms with Crippen LogP contribution >= 0.6 is 0 Å². The van der Waals surface area contributed by atoms with Crippen molar-refractivity contribution in [3.05, 3.63) is 150 Å². The first kappa shape index (κ1) is 25.1. The third kappa shape index (κ3) is 3.77. The van der Waals surface area contributed by atoms with Gasteiger partial charge in [-0.15, -0.1) is 0 Å². The highest BCUT2D eigenvalue weighted by Crippen LogP contribution is 2.37. The van der Waals surface area contributed by atoms with Crippen LogP contribution in [-0.4, -0.2) is 9.13 Å². The summed E-state index contributed by atoms with van der Waals surface area (Å²) in [4.78, 5) is 3.64. The molecule has 0 aliphatic carbocycles. The second-order valence-electron chi connectivity index (χ2n) is 10.8. The average Bonchev–Trinajstić information content (AvgIpc) is 3.60. The molecule has 0 aliphatic heterocycles. The highest BCUT2D eigenvalue weighted by Gasteiger charge is 2.17. The molecule has 0 atom stereocenters. The topological polar surface area (TPSA) is 61.8 Å². The highest BCUT2D eigenvalue weighted by atomic mass is 15.0. The highest BCUT2D eigenvalue weighted by molar-refractivity contribution is 6.11. The lowest BCUT2D eigenvalue weighted by molar-refractivity contribution is 1.17. The van der Waals surface area contributed by atoms with Gasteiger partial charge in [0.15, 0.2) is 5.69 Å². The van der Waals surface area contributed by atoms with E-state index in [-0.39, 0.29) is 0 Å².